The first-order valence-corrected chi connectivity index (χ1v) is 7.31. The minimum absolute atomic E-state index is 0.0310. The van der Waals surface area contributed by atoms with Crippen molar-refractivity contribution in [2.45, 2.75) is 32.5 Å². The van der Waals surface area contributed by atoms with Crippen LogP contribution in [-0.4, -0.2) is 24.1 Å². The number of hydrogen-bond donors (Lipinski definition) is 2. The van der Waals surface area contributed by atoms with E-state index in [-0.39, 0.29) is 10.2 Å². The van der Waals surface area contributed by atoms with Gasteiger partial charge in [-0.1, -0.05) is 15.9 Å². The fraction of sp³-hybridized carbons (Fsp3) is 0.429. The van der Waals surface area contributed by atoms with Gasteiger partial charge in [0.25, 0.3) is 0 Å². The molecule has 1 aromatic rings. The van der Waals surface area contributed by atoms with Crippen molar-refractivity contribution in [3.05, 3.63) is 28.2 Å². The molecule has 2 N–H and O–H groups in total. The zero-order chi connectivity index (χ0) is 17.8. The molecule has 0 aromatic heterocycles. The summed E-state index contributed by atoms with van der Waals surface area (Å²) in [7, 11) is 0. The lowest BCUT2D eigenvalue weighted by Crippen LogP contribution is -2.37. The lowest BCUT2D eigenvalue weighted by molar-refractivity contribution is -0.138. The van der Waals surface area contributed by atoms with Gasteiger partial charge in [0.05, 0.1) is 5.56 Å². The van der Waals surface area contributed by atoms with Crippen molar-refractivity contribution in [2.75, 3.05) is 11.9 Å². The van der Waals surface area contributed by atoms with E-state index in [9.17, 15) is 22.8 Å². The van der Waals surface area contributed by atoms with Gasteiger partial charge in [-0.05, 0) is 39.0 Å². The number of ether oxygens (including phenoxy) is 1. The molecule has 128 valence electrons. The number of amides is 2. The van der Waals surface area contributed by atoms with E-state index >= 15 is 0 Å². The molecule has 0 fully saturated rings. The molecule has 1 aromatic carbocycles. The van der Waals surface area contributed by atoms with Gasteiger partial charge in [-0.15, -0.1) is 0 Å². The molecule has 0 spiro atoms. The maximum atomic E-state index is 12.8. The highest BCUT2D eigenvalue weighted by molar-refractivity contribution is 9.10. The lowest BCUT2D eigenvalue weighted by Gasteiger charge is -2.19. The van der Waals surface area contributed by atoms with Gasteiger partial charge in [0.1, 0.15) is 12.1 Å². The summed E-state index contributed by atoms with van der Waals surface area (Å²) in [6.07, 6.45) is -5.34. The number of halogens is 4. The van der Waals surface area contributed by atoms with E-state index in [1.807, 2.05) is 0 Å². The van der Waals surface area contributed by atoms with Gasteiger partial charge >= 0.3 is 12.3 Å². The van der Waals surface area contributed by atoms with E-state index in [2.05, 4.69) is 26.6 Å². The Morgan fingerprint density at radius 2 is 1.83 bits per heavy atom. The zero-order valence-electron chi connectivity index (χ0n) is 12.7. The monoisotopic (exact) mass is 396 g/mol. The van der Waals surface area contributed by atoms with E-state index in [0.717, 1.165) is 6.07 Å². The fourth-order valence-corrected chi connectivity index (χ4v) is 1.96. The van der Waals surface area contributed by atoms with E-state index in [4.69, 9.17) is 4.74 Å². The second-order valence-electron chi connectivity index (χ2n) is 5.60. The van der Waals surface area contributed by atoms with Crippen LogP contribution in [0.3, 0.4) is 0 Å². The number of hydrogen-bond acceptors (Lipinski definition) is 3. The van der Waals surface area contributed by atoms with Gasteiger partial charge in [-0.3, -0.25) is 4.79 Å². The smallest absolute Gasteiger partial charge is 0.417 e. The number of nitrogens with one attached hydrogen (secondary N) is 2. The van der Waals surface area contributed by atoms with Gasteiger partial charge in [-0.25, -0.2) is 4.79 Å². The van der Waals surface area contributed by atoms with Crippen molar-refractivity contribution in [1.82, 2.24) is 5.32 Å². The van der Waals surface area contributed by atoms with Crippen molar-refractivity contribution in [2.24, 2.45) is 0 Å². The van der Waals surface area contributed by atoms with Gasteiger partial charge < -0.3 is 15.4 Å². The summed E-state index contributed by atoms with van der Waals surface area (Å²) in [6, 6.07) is 3.29. The lowest BCUT2D eigenvalue weighted by atomic mass is 10.2. The molecule has 23 heavy (non-hydrogen) atoms. The highest BCUT2D eigenvalue weighted by Crippen LogP contribution is 2.36. The molecule has 2 amide bonds. The average Bonchev–Trinajstić information content (AvgIpc) is 2.35. The molecule has 0 radical (unpaired) electrons. The van der Waals surface area contributed by atoms with Crippen LogP contribution >= 0.6 is 15.9 Å². The molecule has 0 aliphatic heterocycles. The highest BCUT2D eigenvalue weighted by atomic mass is 79.9. The van der Waals surface area contributed by atoms with Crippen LogP contribution in [0.1, 0.15) is 26.3 Å². The number of carbonyl (C=O) groups is 2. The van der Waals surface area contributed by atoms with Crippen LogP contribution in [0, 0.1) is 0 Å². The van der Waals surface area contributed by atoms with Gasteiger partial charge in [-0.2, -0.15) is 13.2 Å². The van der Waals surface area contributed by atoms with Crippen molar-refractivity contribution >= 4 is 33.6 Å². The fourth-order valence-electron chi connectivity index (χ4n) is 1.49. The van der Waals surface area contributed by atoms with E-state index < -0.39 is 35.9 Å². The topological polar surface area (TPSA) is 67.4 Å². The Labute approximate surface area is 139 Å². The van der Waals surface area contributed by atoms with Crippen LogP contribution in [0.15, 0.2) is 22.7 Å². The summed E-state index contributed by atoms with van der Waals surface area (Å²) in [5, 5.41) is 4.48. The maximum Gasteiger partial charge on any atom is 0.417 e. The molecule has 0 aliphatic carbocycles. The van der Waals surface area contributed by atoms with Gasteiger partial charge in [0, 0.05) is 10.2 Å². The Morgan fingerprint density at radius 1 is 1.22 bits per heavy atom. The number of benzene rings is 1. The normalized spacial score (nSPS) is 11.8. The van der Waals surface area contributed by atoms with Gasteiger partial charge in [0.2, 0.25) is 5.91 Å². The Bertz CT molecular complexity index is 598. The largest absolute Gasteiger partial charge is 0.444 e. The van der Waals surface area contributed by atoms with Crippen LogP contribution in [0.25, 0.3) is 0 Å². The van der Waals surface area contributed by atoms with Gasteiger partial charge in [0.15, 0.2) is 0 Å². The number of rotatable bonds is 3. The number of carbonyl (C=O) groups excluding carboxylic acids is 2. The highest BCUT2D eigenvalue weighted by Gasteiger charge is 2.33. The Kier molecular flexibility index (Phi) is 6.04. The molecule has 0 bridgehead atoms. The van der Waals surface area contributed by atoms with E-state index in [0.29, 0.717) is 0 Å². The Hall–Kier alpha value is -1.77. The van der Waals surface area contributed by atoms with Crippen molar-refractivity contribution < 1.29 is 27.5 Å². The average molecular weight is 397 g/mol. The van der Waals surface area contributed by atoms with Crippen LogP contribution in [0.2, 0.25) is 0 Å². The van der Waals surface area contributed by atoms with E-state index in [1.165, 1.54) is 12.1 Å². The standard InChI is InChI=1S/C14H16BrF3N2O3/c1-13(2,3)23-12(22)19-7-11(21)20-8-4-5-10(15)9(6-8)14(16,17)18/h4-6H,7H2,1-3H3,(H,19,22)(H,20,21). The first-order chi connectivity index (χ1) is 10.4. The predicted molar refractivity (Wildman–Crippen MR) is 82.0 cm³/mol. The summed E-state index contributed by atoms with van der Waals surface area (Å²) < 4.78 is 43.1. The van der Waals surface area contributed by atoms with Crippen molar-refractivity contribution in [3.8, 4) is 0 Å². The molecular formula is C14H16BrF3N2O3. The first-order valence-electron chi connectivity index (χ1n) is 6.52. The number of alkyl carbamates (subject to hydrolysis) is 1. The second-order valence-corrected chi connectivity index (χ2v) is 6.45. The molecule has 0 heterocycles. The SMILES string of the molecule is CC(C)(C)OC(=O)NCC(=O)Nc1ccc(Br)c(C(F)(F)F)c1. The Morgan fingerprint density at radius 3 is 2.35 bits per heavy atom. The quantitative estimate of drug-likeness (QED) is 0.813. The minimum atomic E-state index is -4.55. The molecule has 0 saturated heterocycles. The molecular weight excluding hydrogens is 381 g/mol. The third-order valence-corrected chi connectivity index (χ3v) is 3.04. The van der Waals surface area contributed by atoms with Crippen molar-refractivity contribution in [1.29, 1.82) is 0 Å². The second kappa shape index (κ2) is 7.20. The number of anilines is 1. The maximum absolute atomic E-state index is 12.8. The number of alkyl halides is 3. The van der Waals surface area contributed by atoms with Crippen molar-refractivity contribution in [3.63, 3.8) is 0 Å². The molecule has 0 aliphatic rings. The first kappa shape index (κ1) is 19.3. The summed E-state index contributed by atoms with van der Waals surface area (Å²) in [5.74, 6) is -0.675. The summed E-state index contributed by atoms with van der Waals surface area (Å²) >= 11 is 2.80. The van der Waals surface area contributed by atoms with Crippen LogP contribution in [0.5, 0.6) is 0 Å². The summed E-state index contributed by atoms with van der Waals surface area (Å²) in [5.41, 5.74) is -1.65. The molecule has 5 nitrogen and oxygen atoms in total. The van der Waals surface area contributed by atoms with Crippen LogP contribution in [-0.2, 0) is 15.7 Å². The molecule has 0 saturated carbocycles. The molecule has 9 heteroatoms. The van der Waals surface area contributed by atoms with Crippen LogP contribution in [0.4, 0.5) is 23.7 Å². The zero-order valence-corrected chi connectivity index (χ0v) is 14.3. The molecule has 0 atom stereocenters. The molecule has 0 unspecified atom stereocenters. The summed E-state index contributed by atoms with van der Waals surface area (Å²) in [4.78, 5) is 23.0. The summed E-state index contributed by atoms with van der Waals surface area (Å²) in [6.45, 7) is 4.56. The third-order valence-electron chi connectivity index (χ3n) is 2.35. The minimum Gasteiger partial charge on any atom is -0.444 e. The predicted octanol–water partition coefficient (Wildman–Crippen LogP) is 3.93. The third kappa shape index (κ3) is 6.89. The molecule has 1 rings (SSSR count). The Balaban J connectivity index is 2.63. The van der Waals surface area contributed by atoms with Crippen LogP contribution < -0.4 is 10.6 Å². The van der Waals surface area contributed by atoms with E-state index in [1.54, 1.807) is 20.8 Å².